The van der Waals surface area contributed by atoms with Gasteiger partial charge in [0.15, 0.2) is 17.3 Å². The number of rotatable bonds is 7. The lowest BCUT2D eigenvalue weighted by atomic mass is 9.76. The molecule has 23 heavy (non-hydrogen) atoms. The van der Waals surface area contributed by atoms with Crippen LogP contribution in [0.3, 0.4) is 0 Å². The molecule has 0 radical (unpaired) electrons. The van der Waals surface area contributed by atoms with Gasteiger partial charge in [-0.3, -0.25) is 14.4 Å². The molecule has 0 aromatic heterocycles. The first-order valence-electron chi connectivity index (χ1n) is 9.24. The van der Waals surface area contributed by atoms with Gasteiger partial charge in [-0.2, -0.15) is 11.8 Å². The summed E-state index contributed by atoms with van der Waals surface area (Å²) in [6.07, 6.45) is 9.48. The van der Waals surface area contributed by atoms with Crippen molar-refractivity contribution in [3.8, 4) is 0 Å². The van der Waals surface area contributed by atoms with Crippen molar-refractivity contribution in [1.82, 2.24) is 0 Å². The van der Waals surface area contributed by atoms with E-state index < -0.39 is 5.92 Å². The van der Waals surface area contributed by atoms with Crippen LogP contribution in [0.5, 0.6) is 0 Å². The Morgan fingerprint density at radius 1 is 1.13 bits per heavy atom. The van der Waals surface area contributed by atoms with Gasteiger partial charge in [-0.05, 0) is 31.6 Å². The third kappa shape index (κ3) is 5.44. The molecule has 2 fully saturated rings. The topological polar surface area (TPSA) is 51.2 Å². The van der Waals surface area contributed by atoms with Crippen LogP contribution in [0.15, 0.2) is 0 Å². The zero-order valence-electron chi connectivity index (χ0n) is 14.5. The molecule has 0 aromatic rings. The summed E-state index contributed by atoms with van der Waals surface area (Å²) in [5, 5.41) is 1.25. The largest absolute Gasteiger partial charge is 0.298 e. The van der Waals surface area contributed by atoms with E-state index in [0.717, 1.165) is 11.7 Å². The zero-order chi connectivity index (χ0) is 16.8. The van der Waals surface area contributed by atoms with Crippen LogP contribution >= 0.6 is 11.8 Å². The molecule has 0 aromatic carbocycles. The van der Waals surface area contributed by atoms with Crippen molar-refractivity contribution in [3.63, 3.8) is 0 Å². The average molecular weight is 339 g/mol. The Bertz CT molecular complexity index is 422. The van der Waals surface area contributed by atoms with E-state index in [2.05, 4.69) is 6.92 Å². The Balaban J connectivity index is 1.82. The first-order chi connectivity index (χ1) is 11.0. The van der Waals surface area contributed by atoms with E-state index in [4.69, 9.17) is 0 Å². The van der Waals surface area contributed by atoms with Gasteiger partial charge in [0.2, 0.25) is 0 Å². The van der Waals surface area contributed by atoms with Gasteiger partial charge < -0.3 is 0 Å². The van der Waals surface area contributed by atoms with Crippen LogP contribution in [0.1, 0.15) is 78.1 Å². The summed E-state index contributed by atoms with van der Waals surface area (Å²) < 4.78 is 0. The fraction of sp³-hybridized carbons (Fsp3) is 0.842. The van der Waals surface area contributed by atoms with Crippen molar-refractivity contribution in [2.45, 2.75) is 88.6 Å². The standard InChI is InChI=1S/C19H30O3S/c1-3-7-16(20)19-17(21)11-14(12-18(19)22)10-13(2)23-15-8-5-4-6-9-15/h13-15,19H,3-12H2,1-2H3. The molecule has 2 saturated carbocycles. The third-order valence-corrected chi connectivity index (χ3v) is 6.60. The minimum absolute atomic E-state index is 0.125. The number of hydrogen-bond acceptors (Lipinski definition) is 4. The third-order valence-electron chi connectivity index (χ3n) is 5.08. The molecule has 1 atom stereocenters. The van der Waals surface area contributed by atoms with Gasteiger partial charge in [0.1, 0.15) is 5.92 Å². The van der Waals surface area contributed by atoms with Crippen LogP contribution in [-0.2, 0) is 14.4 Å². The van der Waals surface area contributed by atoms with Crippen molar-refractivity contribution < 1.29 is 14.4 Å². The van der Waals surface area contributed by atoms with Gasteiger partial charge in [-0.25, -0.2) is 0 Å². The summed E-state index contributed by atoms with van der Waals surface area (Å²) in [6, 6.07) is 0. The molecule has 0 spiro atoms. The van der Waals surface area contributed by atoms with Gasteiger partial charge in [0.25, 0.3) is 0 Å². The van der Waals surface area contributed by atoms with E-state index in [1.807, 2.05) is 18.7 Å². The lowest BCUT2D eigenvalue weighted by Crippen LogP contribution is -2.39. The number of carbonyl (C=O) groups excluding carboxylic acids is 3. The molecular formula is C19H30O3S. The fourth-order valence-corrected chi connectivity index (χ4v) is 5.67. The van der Waals surface area contributed by atoms with E-state index in [1.54, 1.807) is 0 Å². The minimum atomic E-state index is -0.937. The molecule has 3 nitrogen and oxygen atoms in total. The van der Waals surface area contributed by atoms with Crippen molar-refractivity contribution in [1.29, 1.82) is 0 Å². The summed E-state index contributed by atoms with van der Waals surface area (Å²) in [4.78, 5) is 36.5. The first-order valence-corrected chi connectivity index (χ1v) is 10.2. The fourth-order valence-electron chi connectivity index (χ4n) is 4.03. The Labute approximate surface area is 144 Å². The van der Waals surface area contributed by atoms with Crippen LogP contribution in [0.2, 0.25) is 0 Å². The monoisotopic (exact) mass is 338 g/mol. The molecule has 130 valence electrons. The maximum Gasteiger partial charge on any atom is 0.151 e. The Kier molecular flexibility index (Phi) is 7.32. The molecule has 0 heterocycles. The van der Waals surface area contributed by atoms with E-state index in [-0.39, 0.29) is 23.3 Å². The minimum Gasteiger partial charge on any atom is -0.298 e. The normalized spacial score (nSPS) is 27.9. The van der Waals surface area contributed by atoms with Gasteiger partial charge >= 0.3 is 0 Å². The quantitative estimate of drug-likeness (QED) is 0.647. The van der Waals surface area contributed by atoms with Crippen LogP contribution < -0.4 is 0 Å². The van der Waals surface area contributed by atoms with Crippen LogP contribution in [0, 0.1) is 11.8 Å². The molecule has 2 aliphatic rings. The predicted molar refractivity (Wildman–Crippen MR) is 94.7 cm³/mol. The molecule has 4 heteroatoms. The van der Waals surface area contributed by atoms with Crippen LogP contribution in [0.25, 0.3) is 0 Å². The summed E-state index contributed by atoms with van der Waals surface area (Å²) in [7, 11) is 0. The van der Waals surface area contributed by atoms with Crippen molar-refractivity contribution in [2.24, 2.45) is 11.8 Å². The highest BCUT2D eigenvalue weighted by atomic mass is 32.2. The highest BCUT2D eigenvalue weighted by Gasteiger charge is 2.39. The number of ketones is 3. The highest BCUT2D eigenvalue weighted by Crippen LogP contribution is 2.36. The summed E-state index contributed by atoms with van der Waals surface area (Å²) in [5.74, 6) is -1.20. The van der Waals surface area contributed by atoms with Crippen molar-refractivity contribution in [2.75, 3.05) is 0 Å². The Morgan fingerprint density at radius 3 is 2.30 bits per heavy atom. The molecule has 0 saturated heterocycles. The summed E-state index contributed by atoms with van der Waals surface area (Å²) >= 11 is 2.04. The van der Waals surface area contributed by atoms with Gasteiger partial charge in [-0.15, -0.1) is 0 Å². The number of Topliss-reactive ketones (excluding diaryl/α,β-unsaturated/α-hetero) is 3. The lowest BCUT2D eigenvalue weighted by Gasteiger charge is -2.29. The maximum atomic E-state index is 12.3. The van der Waals surface area contributed by atoms with Crippen molar-refractivity contribution in [3.05, 3.63) is 0 Å². The molecule has 2 rings (SSSR count). The summed E-state index contributed by atoms with van der Waals surface area (Å²) in [5.41, 5.74) is 0. The second kappa shape index (κ2) is 9.00. The predicted octanol–water partition coefficient (Wildman–Crippen LogP) is 4.36. The Morgan fingerprint density at radius 2 is 1.74 bits per heavy atom. The molecule has 1 unspecified atom stereocenters. The summed E-state index contributed by atoms with van der Waals surface area (Å²) in [6.45, 7) is 4.13. The molecular weight excluding hydrogens is 308 g/mol. The van der Waals surface area contributed by atoms with E-state index in [0.29, 0.717) is 30.9 Å². The second-order valence-corrected chi connectivity index (χ2v) is 9.04. The van der Waals surface area contributed by atoms with Crippen LogP contribution in [-0.4, -0.2) is 27.8 Å². The van der Waals surface area contributed by atoms with E-state index in [1.165, 1.54) is 32.1 Å². The van der Waals surface area contributed by atoms with Crippen LogP contribution in [0.4, 0.5) is 0 Å². The van der Waals surface area contributed by atoms with Crippen molar-refractivity contribution >= 4 is 29.1 Å². The molecule has 0 aliphatic heterocycles. The van der Waals surface area contributed by atoms with E-state index >= 15 is 0 Å². The number of hydrogen-bond donors (Lipinski definition) is 0. The average Bonchev–Trinajstić information content (AvgIpc) is 2.47. The lowest BCUT2D eigenvalue weighted by molar-refractivity contribution is -0.143. The highest BCUT2D eigenvalue weighted by molar-refractivity contribution is 8.00. The first kappa shape index (κ1) is 18.7. The second-order valence-electron chi connectivity index (χ2n) is 7.30. The molecule has 0 N–H and O–H groups in total. The maximum absolute atomic E-state index is 12.3. The van der Waals surface area contributed by atoms with Gasteiger partial charge in [0, 0.05) is 29.8 Å². The molecule has 2 aliphatic carbocycles. The molecule has 0 bridgehead atoms. The van der Waals surface area contributed by atoms with Gasteiger partial charge in [0.05, 0.1) is 0 Å². The Hall–Kier alpha value is -0.640. The molecule has 0 amide bonds. The smallest absolute Gasteiger partial charge is 0.151 e. The SMILES string of the molecule is CCCC(=O)C1C(=O)CC(CC(C)SC2CCCCC2)CC1=O. The number of thioether (sulfide) groups is 1. The van der Waals surface area contributed by atoms with Gasteiger partial charge in [-0.1, -0.05) is 33.1 Å². The van der Waals surface area contributed by atoms with E-state index in [9.17, 15) is 14.4 Å². The number of carbonyl (C=O) groups is 3. The zero-order valence-corrected chi connectivity index (χ0v) is 15.3.